The standard InChI is InChI=1S/C22H27NO2/c1-2-25-22(24)21(18-10-6-5-7-11-18)19-12-14-20(15-13-19)23-16-8-3-4-9-17-23/h5-7,10-15,21H,2-4,8-9,16-17H2,1H3. The molecule has 0 bridgehead atoms. The number of esters is 1. The number of anilines is 1. The third kappa shape index (κ3) is 4.41. The van der Waals surface area contributed by atoms with Crippen LogP contribution in [0.1, 0.15) is 49.7 Å². The van der Waals surface area contributed by atoms with Gasteiger partial charge >= 0.3 is 5.97 Å². The van der Waals surface area contributed by atoms with E-state index in [0.29, 0.717) is 6.61 Å². The normalized spacial score (nSPS) is 16.1. The SMILES string of the molecule is CCOC(=O)C(c1ccccc1)c1ccc(N2CCCCCC2)cc1. The first kappa shape index (κ1) is 17.5. The Balaban J connectivity index is 1.84. The molecule has 1 saturated heterocycles. The second kappa shape index (κ2) is 8.70. The molecule has 2 aromatic rings. The minimum atomic E-state index is -0.362. The van der Waals surface area contributed by atoms with Crippen molar-refractivity contribution in [2.24, 2.45) is 0 Å². The number of hydrogen-bond acceptors (Lipinski definition) is 3. The van der Waals surface area contributed by atoms with Crippen molar-refractivity contribution in [3.05, 3.63) is 65.7 Å². The minimum absolute atomic E-state index is 0.184. The first-order valence-corrected chi connectivity index (χ1v) is 9.36. The zero-order chi connectivity index (χ0) is 17.5. The lowest BCUT2D eigenvalue weighted by Crippen LogP contribution is -2.24. The third-order valence-corrected chi connectivity index (χ3v) is 4.85. The van der Waals surface area contributed by atoms with Crippen molar-refractivity contribution in [1.82, 2.24) is 0 Å². The van der Waals surface area contributed by atoms with E-state index in [2.05, 4.69) is 29.2 Å². The van der Waals surface area contributed by atoms with Crippen molar-refractivity contribution in [3.8, 4) is 0 Å². The molecule has 0 N–H and O–H groups in total. The molecule has 0 aliphatic carbocycles. The zero-order valence-corrected chi connectivity index (χ0v) is 15.0. The molecule has 2 aromatic carbocycles. The predicted molar refractivity (Wildman–Crippen MR) is 102 cm³/mol. The van der Waals surface area contributed by atoms with Crippen LogP contribution in [0.15, 0.2) is 54.6 Å². The molecule has 1 heterocycles. The van der Waals surface area contributed by atoms with Gasteiger partial charge in [-0.05, 0) is 43.0 Å². The van der Waals surface area contributed by atoms with E-state index in [-0.39, 0.29) is 11.9 Å². The second-order valence-corrected chi connectivity index (χ2v) is 6.59. The Morgan fingerprint density at radius 2 is 1.52 bits per heavy atom. The molecule has 132 valence electrons. The highest BCUT2D eigenvalue weighted by atomic mass is 16.5. The maximum absolute atomic E-state index is 12.5. The molecule has 0 saturated carbocycles. The van der Waals surface area contributed by atoms with Gasteiger partial charge < -0.3 is 9.64 Å². The van der Waals surface area contributed by atoms with Crippen molar-refractivity contribution in [3.63, 3.8) is 0 Å². The van der Waals surface area contributed by atoms with E-state index < -0.39 is 0 Å². The van der Waals surface area contributed by atoms with Gasteiger partial charge in [0.2, 0.25) is 0 Å². The molecule has 0 radical (unpaired) electrons. The summed E-state index contributed by atoms with van der Waals surface area (Å²) in [6, 6.07) is 18.3. The molecule has 0 amide bonds. The lowest BCUT2D eigenvalue weighted by molar-refractivity contribution is -0.143. The summed E-state index contributed by atoms with van der Waals surface area (Å²) in [5, 5.41) is 0. The summed E-state index contributed by atoms with van der Waals surface area (Å²) in [5.41, 5.74) is 3.22. The van der Waals surface area contributed by atoms with Crippen molar-refractivity contribution < 1.29 is 9.53 Å². The molecule has 1 aliphatic heterocycles. The lowest BCUT2D eigenvalue weighted by atomic mass is 9.91. The first-order valence-electron chi connectivity index (χ1n) is 9.36. The third-order valence-electron chi connectivity index (χ3n) is 4.85. The highest BCUT2D eigenvalue weighted by Crippen LogP contribution is 2.28. The van der Waals surface area contributed by atoms with Crippen molar-refractivity contribution >= 4 is 11.7 Å². The summed E-state index contributed by atoms with van der Waals surface area (Å²) in [6.07, 6.45) is 5.18. The van der Waals surface area contributed by atoms with Gasteiger partial charge in [0.05, 0.1) is 6.61 Å². The summed E-state index contributed by atoms with van der Waals surface area (Å²) < 4.78 is 5.33. The Bertz CT molecular complexity index is 658. The van der Waals surface area contributed by atoms with Crippen LogP contribution in [0.3, 0.4) is 0 Å². The number of carbonyl (C=O) groups excluding carboxylic acids is 1. The van der Waals surface area contributed by atoms with Crippen LogP contribution >= 0.6 is 0 Å². The molecule has 3 heteroatoms. The molecule has 1 aliphatic rings. The van der Waals surface area contributed by atoms with E-state index in [0.717, 1.165) is 24.2 Å². The van der Waals surface area contributed by atoms with Gasteiger partial charge in [0.15, 0.2) is 0 Å². The number of benzene rings is 2. The van der Waals surface area contributed by atoms with Crippen molar-refractivity contribution in [2.75, 3.05) is 24.6 Å². The fourth-order valence-corrected chi connectivity index (χ4v) is 3.54. The fourth-order valence-electron chi connectivity index (χ4n) is 3.54. The van der Waals surface area contributed by atoms with Gasteiger partial charge in [-0.25, -0.2) is 0 Å². The molecule has 1 unspecified atom stereocenters. The van der Waals surface area contributed by atoms with Crippen LogP contribution in [0, 0.1) is 0 Å². The first-order chi connectivity index (χ1) is 12.3. The summed E-state index contributed by atoms with van der Waals surface area (Å²) in [7, 11) is 0. The maximum atomic E-state index is 12.5. The van der Waals surface area contributed by atoms with Gasteiger partial charge in [-0.1, -0.05) is 55.3 Å². The molecule has 1 fully saturated rings. The average molecular weight is 337 g/mol. The van der Waals surface area contributed by atoms with E-state index >= 15 is 0 Å². The lowest BCUT2D eigenvalue weighted by Gasteiger charge is -2.23. The Morgan fingerprint density at radius 1 is 0.920 bits per heavy atom. The largest absolute Gasteiger partial charge is 0.465 e. The summed E-state index contributed by atoms with van der Waals surface area (Å²) in [4.78, 5) is 15.0. The Hall–Kier alpha value is -2.29. The van der Waals surface area contributed by atoms with E-state index in [1.54, 1.807) is 0 Å². The molecule has 0 spiro atoms. The summed E-state index contributed by atoms with van der Waals surface area (Å²) in [6.45, 7) is 4.50. The molecular weight excluding hydrogens is 310 g/mol. The molecule has 3 rings (SSSR count). The highest BCUT2D eigenvalue weighted by molar-refractivity contribution is 5.82. The number of carbonyl (C=O) groups is 1. The Kier molecular flexibility index (Phi) is 6.10. The quantitative estimate of drug-likeness (QED) is 0.737. The van der Waals surface area contributed by atoms with Gasteiger partial charge in [0.25, 0.3) is 0 Å². The molecule has 0 aromatic heterocycles. The van der Waals surface area contributed by atoms with Crippen molar-refractivity contribution in [2.45, 2.75) is 38.5 Å². The molecule has 3 nitrogen and oxygen atoms in total. The molecule has 1 atom stereocenters. The van der Waals surface area contributed by atoms with Gasteiger partial charge in [0.1, 0.15) is 5.92 Å². The molecular formula is C22H27NO2. The van der Waals surface area contributed by atoms with Gasteiger partial charge in [-0.2, -0.15) is 0 Å². The van der Waals surface area contributed by atoms with E-state index in [4.69, 9.17) is 4.74 Å². The van der Waals surface area contributed by atoms with E-state index in [1.165, 1.54) is 31.4 Å². The summed E-state index contributed by atoms with van der Waals surface area (Å²) >= 11 is 0. The Labute approximate surface area is 150 Å². The van der Waals surface area contributed by atoms with Crippen LogP contribution in [0.5, 0.6) is 0 Å². The van der Waals surface area contributed by atoms with Crippen LogP contribution in [0.25, 0.3) is 0 Å². The topological polar surface area (TPSA) is 29.5 Å². The number of rotatable bonds is 5. The number of hydrogen-bond donors (Lipinski definition) is 0. The Morgan fingerprint density at radius 3 is 2.12 bits per heavy atom. The number of nitrogens with zero attached hydrogens (tertiary/aromatic N) is 1. The van der Waals surface area contributed by atoms with E-state index in [1.807, 2.05) is 37.3 Å². The second-order valence-electron chi connectivity index (χ2n) is 6.59. The predicted octanol–water partition coefficient (Wildman–Crippen LogP) is 4.76. The average Bonchev–Trinajstić information content (AvgIpc) is 2.93. The fraction of sp³-hybridized carbons (Fsp3) is 0.409. The van der Waals surface area contributed by atoms with Crippen LogP contribution < -0.4 is 4.90 Å². The highest BCUT2D eigenvalue weighted by Gasteiger charge is 2.24. The van der Waals surface area contributed by atoms with Crippen LogP contribution in [0.2, 0.25) is 0 Å². The zero-order valence-electron chi connectivity index (χ0n) is 15.0. The monoisotopic (exact) mass is 337 g/mol. The van der Waals surface area contributed by atoms with Crippen molar-refractivity contribution in [1.29, 1.82) is 0 Å². The van der Waals surface area contributed by atoms with Crippen LogP contribution in [-0.4, -0.2) is 25.7 Å². The van der Waals surface area contributed by atoms with E-state index in [9.17, 15) is 4.79 Å². The summed E-state index contributed by atoms with van der Waals surface area (Å²) in [5.74, 6) is -0.546. The van der Waals surface area contributed by atoms with Crippen LogP contribution in [0.4, 0.5) is 5.69 Å². The van der Waals surface area contributed by atoms with Gasteiger partial charge in [0, 0.05) is 18.8 Å². The molecule has 25 heavy (non-hydrogen) atoms. The van der Waals surface area contributed by atoms with Crippen LogP contribution in [-0.2, 0) is 9.53 Å². The maximum Gasteiger partial charge on any atom is 0.317 e. The van der Waals surface area contributed by atoms with Gasteiger partial charge in [-0.3, -0.25) is 4.79 Å². The van der Waals surface area contributed by atoms with Gasteiger partial charge in [-0.15, -0.1) is 0 Å². The minimum Gasteiger partial charge on any atom is -0.465 e. The smallest absolute Gasteiger partial charge is 0.317 e. The number of ether oxygens (including phenoxy) is 1.